The quantitative estimate of drug-likeness (QED) is 0.595. The van der Waals surface area contributed by atoms with Crippen LogP contribution in [0.4, 0.5) is 5.82 Å². The van der Waals surface area contributed by atoms with Gasteiger partial charge in [0.15, 0.2) is 5.82 Å². The molecule has 0 unspecified atom stereocenters. The van der Waals surface area contributed by atoms with Crippen molar-refractivity contribution in [3.05, 3.63) is 66.2 Å². The molecule has 0 aliphatic carbocycles. The first-order valence-electron chi connectivity index (χ1n) is 8.65. The van der Waals surface area contributed by atoms with Crippen LogP contribution in [0.3, 0.4) is 0 Å². The fraction of sp³-hybridized carbons (Fsp3) is 0.0952. The number of aryl methyl sites for hydroxylation is 1. The molecule has 0 saturated heterocycles. The Balaban J connectivity index is 1.87. The minimum Gasteiger partial charge on any atom is -0.383 e. The van der Waals surface area contributed by atoms with Crippen molar-refractivity contribution in [1.82, 2.24) is 24.7 Å². The summed E-state index contributed by atoms with van der Waals surface area (Å²) in [6.45, 7) is 1.91. The van der Waals surface area contributed by atoms with Gasteiger partial charge in [0.05, 0.1) is 11.9 Å². The first-order valence-corrected chi connectivity index (χ1v) is 8.65. The molecular formula is C21H17N7. The summed E-state index contributed by atoms with van der Waals surface area (Å²) < 4.78 is 1.70. The average molecular weight is 367 g/mol. The fourth-order valence-electron chi connectivity index (χ4n) is 3.19. The number of benzene rings is 1. The Morgan fingerprint density at radius 3 is 2.32 bits per heavy atom. The lowest BCUT2D eigenvalue weighted by Gasteiger charge is -2.14. The van der Waals surface area contributed by atoms with E-state index in [1.807, 2.05) is 50.5 Å². The Kier molecular flexibility index (Phi) is 4.30. The Morgan fingerprint density at radius 2 is 1.71 bits per heavy atom. The summed E-state index contributed by atoms with van der Waals surface area (Å²) in [6, 6.07) is 11.9. The van der Waals surface area contributed by atoms with Gasteiger partial charge in [0, 0.05) is 47.9 Å². The highest BCUT2D eigenvalue weighted by Gasteiger charge is 2.19. The average Bonchev–Trinajstić information content (AvgIpc) is 3.16. The lowest BCUT2D eigenvalue weighted by Crippen LogP contribution is -2.03. The van der Waals surface area contributed by atoms with Crippen molar-refractivity contribution >= 4 is 5.82 Å². The summed E-state index contributed by atoms with van der Waals surface area (Å²) in [5.41, 5.74) is 11.1. The zero-order valence-corrected chi connectivity index (χ0v) is 15.5. The second-order valence-electron chi connectivity index (χ2n) is 6.40. The van der Waals surface area contributed by atoms with Crippen LogP contribution in [0.15, 0.2) is 55.1 Å². The maximum atomic E-state index is 9.66. The Bertz CT molecular complexity index is 1190. The zero-order chi connectivity index (χ0) is 19.7. The largest absolute Gasteiger partial charge is 0.383 e. The van der Waals surface area contributed by atoms with Gasteiger partial charge in [-0.1, -0.05) is 30.3 Å². The molecule has 3 aromatic heterocycles. The van der Waals surface area contributed by atoms with Crippen molar-refractivity contribution in [2.75, 3.05) is 5.73 Å². The van der Waals surface area contributed by atoms with E-state index in [4.69, 9.17) is 5.73 Å². The van der Waals surface area contributed by atoms with Gasteiger partial charge in [-0.05, 0) is 12.5 Å². The molecule has 136 valence electrons. The predicted molar refractivity (Wildman–Crippen MR) is 107 cm³/mol. The normalized spacial score (nSPS) is 10.6. The van der Waals surface area contributed by atoms with Gasteiger partial charge in [-0.25, -0.2) is 15.0 Å². The van der Waals surface area contributed by atoms with E-state index >= 15 is 0 Å². The molecule has 0 aliphatic rings. The van der Waals surface area contributed by atoms with Crippen LogP contribution >= 0.6 is 0 Å². The molecule has 0 saturated carbocycles. The van der Waals surface area contributed by atoms with Crippen molar-refractivity contribution in [1.29, 1.82) is 5.26 Å². The highest BCUT2D eigenvalue weighted by atomic mass is 15.2. The minimum atomic E-state index is 0.175. The highest BCUT2D eigenvalue weighted by molar-refractivity contribution is 5.83. The third-order valence-corrected chi connectivity index (χ3v) is 4.53. The van der Waals surface area contributed by atoms with E-state index in [0.717, 1.165) is 16.7 Å². The monoisotopic (exact) mass is 367 g/mol. The van der Waals surface area contributed by atoms with Crippen molar-refractivity contribution in [2.24, 2.45) is 7.05 Å². The van der Waals surface area contributed by atoms with Crippen LogP contribution in [0, 0.1) is 18.3 Å². The van der Waals surface area contributed by atoms with E-state index in [-0.39, 0.29) is 5.82 Å². The maximum Gasteiger partial charge on any atom is 0.159 e. The molecule has 0 fully saturated rings. The van der Waals surface area contributed by atoms with Crippen LogP contribution in [0.5, 0.6) is 0 Å². The minimum absolute atomic E-state index is 0.175. The van der Waals surface area contributed by atoms with Crippen LogP contribution in [0.2, 0.25) is 0 Å². The standard InChI is InChI=1S/C21H17N7/c1-13-18(15-9-24-21(25-10-15)14-6-4-3-5-7-14)17(8-22)20(23)27-19(13)16-11-26-28(2)12-16/h3-7,9-12H,1-2H3,(H2,23,27). The van der Waals surface area contributed by atoms with E-state index in [2.05, 4.69) is 26.1 Å². The van der Waals surface area contributed by atoms with Gasteiger partial charge in [0.2, 0.25) is 0 Å². The molecular weight excluding hydrogens is 350 g/mol. The Morgan fingerprint density at radius 1 is 1.00 bits per heavy atom. The third kappa shape index (κ3) is 2.97. The molecule has 7 nitrogen and oxygen atoms in total. The van der Waals surface area contributed by atoms with E-state index in [1.54, 1.807) is 23.3 Å². The molecule has 0 atom stereocenters. The number of nitrogens with two attached hydrogens (primary N) is 1. The van der Waals surface area contributed by atoms with E-state index in [0.29, 0.717) is 28.2 Å². The second kappa shape index (κ2) is 6.93. The smallest absolute Gasteiger partial charge is 0.159 e. The predicted octanol–water partition coefficient (Wildman–Crippen LogP) is 3.37. The summed E-state index contributed by atoms with van der Waals surface area (Å²) in [4.78, 5) is 13.4. The van der Waals surface area contributed by atoms with Gasteiger partial charge in [-0.15, -0.1) is 0 Å². The van der Waals surface area contributed by atoms with Crippen LogP contribution in [-0.4, -0.2) is 24.7 Å². The third-order valence-electron chi connectivity index (χ3n) is 4.53. The van der Waals surface area contributed by atoms with Gasteiger partial charge in [-0.2, -0.15) is 10.4 Å². The van der Waals surface area contributed by atoms with Crippen molar-refractivity contribution < 1.29 is 0 Å². The number of aromatic nitrogens is 5. The van der Waals surface area contributed by atoms with Crippen LogP contribution in [-0.2, 0) is 7.05 Å². The number of pyridine rings is 1. The summed E-state index contributed by atoms with van der Waals surface area (Å²) in [5.74, 6) is 0.795. The number of nitriles is 1. The Labute approximate surface area is 162 Å². The number of hydrogen-bond donors (Lipinski definition) is 1. The van der Waals surface area contributed by atoms with Crippen molar-refractivity contribution in [2.45, 2.75) is 6.92 Å². The van der Waals surface area contributed by atoms with E-state index in [1.165, 1.54) is 0 Å². The fourth-order valence-corrected chi connectivity index (χ4v) is 3.19. The van der Waals surface area contributed by atoms with Gasteiger partial charge in [0.25, 0.3) is 0 Å². The molecule has 0 aliphatic heterocycles. The molecule has 0 spiro atoms. The molecule has 2 N–H and O–H groups in total. The SMILES string of the molecule is Cc1c(-c2cnn(C)c2)nc(N)c(C#N)c1-c1cnc(-c2ccccc2)nc1. The molecule has 1 aromatic carbocycles. The van der Waals surface area contributed by atoms with Gasteiger partial charge in [0.1, 0.15) is 17.5 Å². The van der Waals surface area contributed by atoms with E-state index in [9.17, 15) is 5.26 Å². The first-order chi connectivity index (χ1) is 13.6. The van der Waals surface area contributed by atoms with Gasteiger partial charge < -0.3 is 5.73 Å². The summed E-state index contributed by atoms with van der Waals surface area (Å²) >= 11 is 0. The van der Waals surface area contributed by atoms with Crippen LogP contribution in [0.1, 0.15) is 11.1 Å². The molecule has 4 rings (SSSR count). The lowest BCUT2D eigenvalue weighted by molar-refractivity contribution is 0.768. The van der Waals surface area contributed by atoms with Crippen molar-refractivity contribution in [3.63, 3.8) is 0 Å². The lowest BCUT2D eigenvalue weighted by atomic mass is 9.95. The second-order valence-corrected chi connectivity index (χ2v) is 6.40. The molecule has 0 bridgehead atoms. The molecule has 7 heteroatoms. The number of rotatable bonds is 3. The first kappa shape index (κ1) is 17.4. The summed E-state index contributed by atoms with van der Waals surface area (Å²) in [5, 5.41) is 13.9. The Hall–Kier alpha value is -4.05. The molecule has 3 heterocycles. The number of nitrogens with zero attached hydrogens (tertiary/aromatic N) is 6. The number of hydrogen-bond acceptors (Lipinski definition) is 6. The topological polar surface area (TPSA) is 106 Å². The highest BCUT2D eigenvalue weighted by Crippen LogP contribution is 2.35. The molecule has 4 aromatic rings. The summed E-state index contributed by atoms with van der Waals surface area (Å²) in [6.07, 6.45) is 7.01. The summed E-state index contributed by atoms with van der Waals surface area (Å²) in [7, 11) is 1.84. The molecule has 0 amide bonds. The maximum absolute atomic E-state index is 9.66. The van der Waals surface area contributed by atoms with Gasteiger partial charge >= 0.3 is 0 Å². The van der Waals surface area contributed by atoms with Crippen LogP contribution in [0.25, 0.3) is 33.8 Å². The zero-order valence-electron chi connectivity index (χ0n) is 15.5. The molecule has 0 radical (unpaired) electrons. The van der Waals surface area contributed by atoms with Crippen LogP contribution < -0.4 is 5.73 Å². The number of anilines is 1. The van der Waals surface area contributed by atoms with Gasteiger partial charge in [-0.3, -0.25) is 4.68 Å². The van der Waals surface area contributed by atoms with E-state index < -0.39 is 0 Å². The number of nitrogen functional groups attached to an aromatic ring is 1. The van der Waals surface area contributed by atoms with Crippen molar-refractivity contribution in [3.8, 4) is 39.8 Å². The molecule has 28 heavy (non-hydrogen) atoms.